The van der Waals surface area contributed by atoms with E-state index in [4.69, 9.17) is 5.73 Å². The Morgan fingerprint density at radius 1 is 1.71 bits per heavy atom. The number of nitrogens with two attached hydrogens (primary N) is 1. The lowest BCUT2D eigenvalue weighted by molar-refractivity contribution is -0.125. The summed E-state index contributed by atoms with van der Waals surface area (Å²) in [5.41, 5.74) is 5.52. The van der Waals surface area contributed by atoms with Crippen molar-refractivity contribution >= 4 is 5.91 Å². The first kappa shape index (κ1) is 11.5. The van der Waals surface area contributed by atoms with Crippen molar-refractivity contribution in [2.75, 3.05) is 26.7 Å². The number of hydrogen-bond donors (Lipinski definition) is 2. The van der Waals surface area contributed by atoms with Crippen LogP contribution in [0.5, 0.6) is 0 Å². The van der Waals surface area contributed by atoms with Crippen molar-refractivity contribution < 1.29 is 4.79 Å². The first-order valence-corrected chi connectivity index (χ1v) is 5.34. The fraction of sp³-hybridized carbons (Fsp3) is 0.900. The third kappa shape index (κ3) is 2.69. The van der Waals surface area contributed by atoms with Crippen molar-refractivity contribution in [1.29, 1.82) is 0 Å². The molecule has 0 aliphatic carbocycles. The molecule has 4 nitrogen and oxygen atoms in total. The van der Waals surface area contributed by atoms with E-state index < -0.39 is 0 Å². The molecule has 14 heavy (non-hydrogen) atoms. The summed E-state index contributed by atoms with van der Waals surface area (Å²) in [6, 6.07) is 0.00257. The molecule has 1 rings (SSSR count). The maximum Gasteiger partial charge on any atom is 0.236 e. The average molecular weight is 199 g/mol. The maximum absolute atomic E-state index is 11.4. The molecule has 0 saturated carbocycles. The monoisotopic (exact) mass is 199 g/mol. The normalized spacial score (nSPS) is 24.9. The third-order valence-corrected chi connectivity index (χ3v) is 3.07. The SMILES string of the molecule is CNC(=O)C(C)N1CCC(CCN)C1. The number of nitrogens with one attached hydrogen (secondary N) is 1. The molecule has 0 aromatic rings. The molecular formula is C10H21N3O. The summed E-state index contributed by atoms with van der Waals surface area (Å²) in [6.07, 6.45) is 2.26. The molecule has 1 saturated heterocycles. The van der Waals surface area contributed by atoms with Gasteiger partial charge in [-0.25, -0.2) is 0 Å². The lowest BCUT2D eigenvalue weighted by Gasteiger charge is -2.22. The Kier molecular flexibility index (Phi) is 4.35. The summed E-state index contributed by atoms with van der Waals surface area (Å²) >= 11 is 0. The molecule has 3 N–H and O–H groups in total. The standard InChI is InChI=1S/C10H21N3O/c1-8(10(14)12-2)13-6-4-9(7-13)3-5-11/h8-9H,3-7,11H2,1-2H3,(H,12,14). The van der Waals surface area contributed by atoms with Crippen molar-refractivity contribution in [3.63, 3.8) is 0 Å². The van der Waals surface area contributed by atoms with E-state index in [1.807, 2.05) is 6.92 Å². The molecule has 0 spiro atoms. The summed E-state index contributed by atoms with van der Waals surface area (Å²) in [5, 5.41) is 2.68. The van der Waals surface area contributed by atoms with Crippen molar-refractivity contribution in [1.82, 2.24) is 10.2 Å². The van der Waals surface area contributed by atoms with Crippen molar-refractivity contribution in [2.45, 2.75) is 25.8 Å². The van der Waals surface area contributed by atoms with Crippen molar-refractivity contribution in [3.8, 4) is 0 Å². The fourth-order valence-electron chi connectivity index (χ4n) is 2.06. The second-order valence-corrected chi connectivity index (χ2v) is 4.02. The molecule has 1 amide bonds. The fourth-order valence-corrected chi connectivity index (χ4v) is 2.06. The molecule has 0 aromatic carbocycles. The van der Waals surface area contributed by atoms with Crippen LogP contribution >= 0.6 is 0 Å². The van der Waals surface area contributed by atoms with Gasteiger partial charge < -0.3 is 11.1 Å². The second-order valence-electron chi connectivity index (χ2n) is 4.02. The zero-order valence-electron chi connectivity index (χ0n) is 9.12. The number of likely N-dealkylation sites (tertiary alicyclic amines) is 1. The lowest BCUT2D eigenvalue weighted by atomic mass is 10.1. The summed E-state index contributed by atoms with van der Waals surface area (Å²) in [5.74, 6) is 0.797. The summed E-state index contributed by atoms with van der Waals surface area (Å²) in [7, 11) is 1.69. The Hall–Kier alpha value is -0.610. The number of carbonyl (C=O) groups excluding carboxylic acids is 1. The minimum atomic E-state index is 0.00257. The maximum atomic E-state index is 11.4. The highest BCUT2D eigenvalue weighted by atomic mass is 16.2. The smallest absolute Gasteiger partial charge is 0.236 e. The van der Waals surface area contributed by atoms with Crippen LogP contribution in [-0.4, -0.2) is 43.5 Å². The zero-order valence-corrected chi connectivity index (χ0v) is 9.12. The summed E-state index contributed by atoms with van der Waals surface area (Å²) in [6.45, 7) is 4.77. The molecule has 4 heteroatoms. The van der Waals surface area contributed by atoms with Crippen LogP contribution in [0.4, 0.5) is 0 Å². The number of rotatable bonds is 4. The Labute approximate surface area is 85.8 Å². The van der Waals surface area contributed by atoms with Gasteiger partial charge in [0, 0.05) is 13.6 Å². The van der Waals surface area contributed by atoms with E-state index in [9.17, 15) is 4.79 Å². The van der Waals surface area contributed by atoms with Crippen molar-refractivity contribution in [2.24, 2.45) is 11.7 Å². The van der Waals surface area contributed by atoms with Gasteiger partial charge in [0.05, 0.1) is 6.04 Å². The Morgan fingerprint density at radius 2 is 2.43 bits per heavy atom. The van der Waals surface area contributed by atoms with E-state index >= 15 is 0 Å². The van der Waals surface area contributed by atoms with Gasteiger partial charge >= 0.3 is 0 Å². The topological polar surface area (TPSA) is 58.4 Å². The van der Waals surface area contributed by atoms with E-state index in [1.165, 1.54) is 6.42 Å². The Morgan fingerprint density at radius 3 is 3.00 bits per heavy atom. The van der Waals surface area contributed by atoms with Gasteiger partial charge in [-0.1, -0.05) is 0 Å². The van der Waals surface area contributed by atoms with Gasteiger partial charge in [0.2, 0.25) is 5.91 Å². The Bertz CT molecular complexity index is 196. The summed E-state index contributed by atoms with van der Waals surface area (Å²) < 4.78 is 0. The van der Waals surface area contributed by atoms with Gasteiger partial charge in [-0.2, -0.15) is 0 Å². The molecular weight excluding hydrogens is 178 g/mol. The quantitative estimate of drug-likeness (QED) is 0.659. The molecule has 1 aliphatic heterocycles. The molecule has 0 radical (unpaired) electrons. The highest BCUT2D eigenvalue weighted by Crippen LogP contribution is 2.20. The molecule has 2 unspecified atom stereocenters. The van der Waals surface area contributed by atoms with E-state index in [0.717, 1.165) is 26.1 Å². The summed E-state index contributed by atoms with van der Waals surface area (Å²) in [4.78, 5) is 13.6. The van der Waals surface area contributed by atoms with Gasteiger partial charge in [0.1, 0.15) is 0 Å². The largest absolute Gasteiger partial charge is 0.358 e. The average Bonchev–Trinajstić information content (AvgIpc) is 2.64. The molecule has 0 bridgehead atoms. The van der Waals surface area contributed by atoms with Gasteiger partial charge in [-0.05, 0) is 38.8 Å². The van der Waals surface area contributed by atoms with E-state index in [-0.39, 0.29) is 11.9 Å². The van der Waals surface area contributed by atoms with Gasteiger partial charge in [-0.15, -0.1) is 0 Å². The zero-order chi connectivity index (χ0) is 10.6. The van der Waals surface area contributed by atoms with E-state index in [0.29, 0.717) is 5.92 Å². The number of likely N-dealkylation sites (N-methyl/N-ethyl adjacent to an activating group) is 1. The Balaban J connectivity index is 2.37. The van der Waals surface area contributed by atoms with Crippen LogP contribution in [0.15, 0.2) is 0 Å². The number of nitrogens with zero attached hydrogens (tertiary/aromatic N) is 1. The molecule has 82 valence electrons. The number of hydrogen-bond acceptors (Lipinski definition) is 3. The first-order chi connectivity index (χ1) is 6.69. The van der Waals surface area contributed by atoms with E-state index in [2.05, 4.69) is 10.2 Å². The minimum Gasteiger partial charge on any atom is -0.358 e. The lowest BCUT2D eigenvalue weighted by Crippen LogP contribution is -2.42. The van der Waals surface area contributed by atoms with Crippen LogP contribution < -0.4 is 11.1 Å². The van der Waals surface area contributed by atoms with Crippen LogP contribution in [0.1, 0.15) is 19.8 Å². The molecule has 1 fully saturated rings. The highest BCUT2D eigenvalue weighted by Gasteiger charge is 2.28. The second kappa shape index (κ2) is 5.32. The van der Waals surface area contributed by atoms with Gasteiger partial charge in [0.15, 0.2) is 0 Å². The minimum absolute atomic E-state index is 0.00257. The molecule has 1 aliphatic rings. The molecule has 1 heterocycles. The van der Waals surface area contributed by atoms with Crippen LogP contribution in [0.2, 0.25) is 0 Å². The van der Waals surface area contributed by atoms with Crippen molar-refractivity contribution in [3.05, 3.63) is 0 Å². The van der Waals surface area contributed by atoms with Gasteiger partial charge in [0.25, 0.3) is 0 Å². The van der Waals surface area contributed by atoms with Gasteiger partial charge in [-0.3, -0.25) is 9.69 Å². The predicted molar refractivity (Wildman–Crippen MR) is 56.9 cm³/mol. The molecule has 2 atom stereocenters. The third-order valence-electron chi connectivity index (χ3n) is 3.07. The van der Waals surface area contributed by atoms with Crippen LogP contribution in [0.25, 0.3) is 0 Å². The van der Waals surface area contributed by atoms with Crippen LogP contribution in [-0.2, 0) is 4.79 Å². The predicted octanol–water partition coefficient (Wildman–Crippen LogP) is -0.208. The molecule has 0 aromatic heterocycles. The van der Waals surface area contributed by atoms with E-state index in [1.54, 1.807) is 7.05 Å². The number of carbonyl (C=O) groups is 1. The van der Waals surface area contributed by atoms with Crippen LogP contribution in [0, 0.1) is 5.92 Å². The highest BCUT2D eigenvalue weighted by molar-refractivity contribution is 5.80. The number of amides is 1. The first-order valence-electron chi connectivity index (χ1n) is 5.34. The van der Waals surface area contributed by atoms with Crippen LogP contribution in [0.3, 0.4) is 0 Å².